The molecule has 35 heavy (non-hydrogen) atoms. The highest BCUT2D eigenvalue weighted by atomic mass is 32.2. The Labute approximate surface area is 207 Å². The lowest BCUT2D eigenvalue weighted by atomic mass is 10.2. The second kappa shape index (κ2) is 9.98. The summed E-state index contributed by atoms with van der Waals surface area (Å²) in [6.07, 6.45) is 0. The number of rotatable bonds is 8. The van der Waals surface area contributed by atoms with Crippen molar-refractivity contribution in [3.63, 3.8) is 0 Å². The zero-order chi connectivity index (χ0) is 25.2. The Morgan fingerprint density at radius 2 is 1.83 bits per heavy atom. The van der Waals surface area contributed by atoms with Crippen LogP contribution in [0.4, 0.5) is 0 Å². The van der Waals surface area contributed by atoms with Crippen molar-refractivity contribution in [2.75, 3.05) is 27.2 Å². The van der Waals surface area contributed by atoms with Crippen LogP contribution in [0.3, 0.4) is 0 Å². The van der Waals surface area contributed by atoms with Crippen molar-refractivity contribution in [2.45, 2.75) is 11.8 Å². The van der Waals surface area contributed by atoms with E-state index in [1.807, 2.05) is 41.9 Å². The molecular formula is C24H24N4O5S2. The van der Waals surface area contributed by atoms with Crippen LogP contribution in [0.2, 0.25) is 0 Å². The SMILES string of the molecule is Cc1nn(-c2ccccc2)c2sc(C(=O)NCCOC(=O)c3cccc(S(=O)(=O)N(C)C)c3)cc12. The summed E-state index contributed by atoms with van der Waals surface area (Å²) in [6, 6.07) is 17.1. The first kappa shape index (κ1) is 24.6. The maximum Gasteiger partial charge on any atom is 0.338 e. The Morgan fingerprint density at radius 1 is 1.09 bits per heavy atom. The van der Waals surface area contributed by atoms with Crippen LogP contribution in [0.1, 0.15) is 25.7 Å². The van der Waals surface area contributed by atoms with Crippen molar-refractivity contribution in [1.82, 2.24) is 19.4 Å². The number of carbonyl (C=O) groups is 2. The van der Waals surface area contributed by atoms with Gasteiger partial charge in [0.15, 0.2) is 0 Å². The fourth-order valence-electron chi connectivity index (χ4n) is 3.38. The third-order valence-electron chi connectivity index (χ3n) is 5.24. The lowest BCUT2D eigenvalue weighted by molar-refractivity contribution is 0.0503. The molecule has 0 radical (unpaired) electrons. The van der Waals surface area contributed by atoms with Crippen molar-refractivity contribution in [3.05, 3.63) is 76.8 Å². The number of aryl methyl sites for hydroxylation is 1. The minimum absolute atomic E-state index is 0.000578. The maximum absolute atomic E-state index is 12.7. The van der Waals surface area contributed by atoms with Crippen LogP contribution in [0, 0.1) is 6.92 Å². The number of sulfonamides is 1. The van der Waals surface area contributed by atoms with Gasteiger partial charge >= 0.3 is 5.97 Å². The predicted molar refractivity (Wildman–Crippen MR) is 134 cm³/mol. The second-order valence-electron chi connectivity index (χ2n) is 7.87. The zero-order valence-corrected chi connectivity index (χ0v) is 21.0. The summed E-state index contributed by atoms with van der Waals surface area (Å²) in [5.41, 5.74) is 1.85. The number of amides is 1. The predicted octanol–water partition coefficient (Wildman–Crippen LogP) is 3.23. The first-order valence-electron chi connectivity index (χ1n) is 10.7. The molecule has 0 saturated heterocycles. The van der Waals surface area contributed by atoms with Crippen molar-refractivity contribution in [1.29, 1.82) is 0 Å². The van der Waals surface area contributed by atoms with E-state index < -0.39 is 16.0 Å². The number of benzene rings is 2. The van der Waals surface area contributed by atoms with Gasteiger partial charge < -0.3 is 10.1 Å². The molecule has 4 aromatic rings. The average molecular weight is 513 g/mol. The molecule has 0 aliphatic rings. The number of thiophene rings is 1. The molecule has 11 heteroatoms. The minimum atomic E-state index is -3.67. The Hall–Kier alpha value is -3.54. The van der Waals surface area contributed by atoms with Gasteiger partial charge in [0.05, 0.1) is 33.3 Å². The highest BCUT2D eigenvalue weighted by molar-refractivity contribution is 7.89. The molecule has 0 atom stereocenters. The first-order valence-corrected chi connectivity index (χ1v) is 13.0. The lowest BCUT2D eigenvalue weighted by Crippen LogP contribution is -2.27. The molecule has 0 saturated carbocycles. The van der Waals surface area contributed by atoms with E-state index in [1.54, 1.807) is 6.07 Å². The number of hydrogen-bond donors (Lipinski definition) is 1. The number of fused-ring (bicyclic) bond motifs is 1. The van der Waals surface area contributed by atoms with E-state index in [9.17, 15) is 18.0 Å². The van der Waals surface area contributed by atoms with E-state index in [0.29, 0.717) is 4.88 Å². The number of esters is 1. The second-order valence-corrected chi connectivity index (χ2v) is 11.1. The molecular weight excluding hydrogens is 488 g/mol. The van der Waals surface area contributed by atoms with E-state index in [-0.39, 0.29) is 29.5 Å². The van der Waals surface area contributed by atoms with Crippen LogP contribution >= 0.6 is 11.3 Å². The van der Waals surface area contributed by atoms with Crippen molar-refractivity contribution < 1.29 is 22.7 Å². The molecule has 1 N–H and O–H groups in total. The number of hydrogen-bond acceptors (Lipinski definition) is 7. The van der Waals surface area contributed by atoms with Crippen LogP contribution in [-0.4, -0.2) is 61.6 Å². The Bertz CT molecular complexity index is 1490. The summed E-state index contributed by atoms with van der Waals surface area (Å²) >= 11 is 1.33. The fraction of sp³-hybridized carbons (Fsp3) is 0.208. The van der Waals surface area contributed by atoms with Crippen molar-refractivity contribution >= 4 is 43.5 Å². The number of para-hydroxylation sites is 1. The Balaban J connectivity index is 1.37. The van der Waals surface area contributed by atoms with Crippen LogP contribution in [-0.2, 0) is 14.8 Å². The molecule has 2 aromatic heterocycles. The van der Waals surface area contributed by atoms with Gasteiger partial charge in [0.2, 0.25) is 10.0 Å². The third-order valence-corrected chi connectivity index (χ3v) is 8.16. The summed E-state index contributed by atoms with van der Waals surface area (Å²) in [4.78, 5) is 26.4. The smallest absolute Gasteiger partial charge is 0.338 e. The molecule has 0 aliphatic heterocycles. The van der Waals surface area contributed by atoms with E-state index in [2.05, 4.69) is 10.4 Å². The third kappa shape index (κ3) is 5.11. The molecule has 2 aromatic carbocycles. The Morgan fingerprint density at radius 3 is 2.54 bits per heavy atom. The van der Waals surface area contributed by atoms with Gasteiger partial charge in [0.1, 0.15) is 11.4 Å². The van der Waals surface area contributed by atoms with E-state index in [0.717, 1.165) is 25.9 Å². The maximum atomic E-state index is 12.7. The summed E-state index contributed by atoms with van der Waals surface area (Å²) in [5, 5.41) is 8.23. The highest BCUT2D eigenvalue weighted by Crippen LogP contribution is 2.30. The molecule has 4 rings (SSSR count). The van der Waals surface area contributed by atoms with Crippen molar-refractivity contribution in [2.24, 2.45) is 0 Å². The summed E-state index contributed by atoms with van der Waals surface area (Å²) in [5.74, 6) is -0.948. The number of nitrogens with zero attached hydrogens (tertiary/aromatic N) is 3. The largest absolute Gasteiger partial charge is 0.460 e. The van der Waals surface area contributed by atoms with Crippen LogP contribution < -0.4 is 5.32 Å². The molecule has 0 fully saturated rings. The molecule has 0 spiro atoms. The lowest BCUT2D eigenvalue weighted by Gasteiger charge is -2.12. The van der Waals surface area contributed by atoms with E-state index in [1.165, 1.54) is 49.7 Å². The summed E-state index contributed by atoms with van der Waals surface area (Å²) in [6.45, 7) is 1.95. The molecule has 0 unspecified atom stereocenters. The van der Waals surface area contributed by atoms with Gasteiger partial charge in [0, 0.05) is 19.5 Å². The van der Waals surface area contributed by atoms with Gasteiger partial charge in [0.25, 0.3) is 5.91 Å². The topological polar surface area (TPSA) is 111 Å². The van der Waals surface area contributed by atoms with Gasteiger partial charge in [-0.1, -0.05) is 24.3 Å². The molecule has 2 heterocycles. The monoisotopic (exact) mass is 512 g/mol. The summed E-state index contributed by atoms with van der Waals surface area (Å²) in [7, 11) is -0.836. The molecule has 0 aliphatic carbocycles. The highest BCUT2D eigenvalue weighted by Gasteiger charge is 2.20. The van der Waals surface area contributed by atoms with E-state index in [4.69, 9.17) is 4.74 Å². The number of aromatic nitrogens is 2. The van der Waals surface area contributed by atoms with Gasteiger partial charge in [-0.3, -0.25) is 4.79 Å². The van der Waals surface area contributed by atoms with Gasteiger partial charge in [-0.05, 0) is 43.3 Å². The molecule has 9 nitrogen and oxygen atoms in total. The van der Waals surface area contributed by atoms with Gasteiger partial charge in [-0.2, -0.15) is 5.10 Å². The summed E-state index contributed by atoms with van der Waals surface area (Å²) < 4.78 is 32.6. The number of carbonyl (C=O) groups excluding carboxylic acids is 2. The van der Waals surface area contributed by atoms with Crippen molar-refractivity contribution in [3.8, 4) is 5.69 Å². The fourth-order valence-corrected chi connectivity index (χ4v) is 5.42. The van der Waals surface area contributed by atoms with Crippen LogP contribution in [0.5, 0.6) is 0 Å². The van der Waals surface area contributed by atoms with Crippen LogP contribution in [0.15, 0.2) is 65.6 Å². The molecule has 182 valence electrons. The van der Waals surface area contributed by atoms with Crippen LogP contribution in [0.25, 0.3) is 15.9 Å². The quantitative estimate of drug-likeness (QED) is 0.287. The van der Waals surface area contributed by atoms with E-state index >= 15 is 0 Å². The molecule has 0 bridgehead atoms. The normalized spacial score (nSPS) is 11.7. The Kier molecular flexibility index (Phi) is 7.01. The van der Waals surface area contributed by atoms with Gasteiger partial charge in [-0.15, -0.1) is 11.3 Å². The first-order chi connectivity index (χ1) is 16.7. The number of nitrogens with one attached hydrogen (secondary N) is 1. The van der Waals surface area contributed by atoms with Gasteiger partial charge in [-0.25, -0.2) is 22.2 Å². The minimum Gasteiger partial charge on any atom is -0.460 e. The standard InChI is InChI=1S/C24H24N4O5S2/c1-16-20-15-21(34-23(20)28(26-16)18-9-5-4-6-10-18)22(29)25-12-13-33-24(30)17-8-7-11-19(14-17)35(31,32)27(2)3/h4-11,14-15H,12-13H2,1-3H3,(H,25,29). The molecule has 1 amide bonds. The zero-order valence-electron chi connectivity index (χ0n) is 19.4. The number of ether oxygens (including phenoxy) is 1. The average Bonchev–Trinajstić information content (AvgIpc) is 3.42.